The van der Waals surface area contributed by atoms with Crippen molar-refractivity contribution in [3.63, 3.8) is 0 Å². The van der Waals surface area contributed by atoms with Crippen molar-refractivity contribution in [3.05, 3.63) is 188 Å². The van der Waals surface area contributed by atoms with Gasteiger partial charge in [-0.1, -0.05) is 140 Å². The summed E-state index contributed by atoms with van der Waals surface area (Å²) in [5.41, 5.74) is 9.21. The van der Waals surface area contributed by atoms with Gasteiger partial charge in [0.15, 0.2) is 5.82 Å². The molecule has 3 heteroatoms. The minimum absolute atomic E-state index is 0.694. The minimum atomic E-state index is 0.694. The molecule has 0 bridgehead atoms. The molecule has 0 amide bonds. The fourth-order valence-corrected chi connectivity index (χ4v) is 7.70. The third-order valence-electron chi connectivity index (χ3n) is 10.1. The summed E-state index contributed by atoms with van der Waals surface area (Å²) in [5.74, 6) is 0.694. The molecule has 0 atom stereocenters. The van der Waals surface area contributed by atoms with Crippen LogP contribution in [0.5, 0.6) is 0 Å². The Hall–Kier alpha value is -6.97. The Morgan fingerprint density at radius 3 is 1.48 bits per heavy atom. The van der Waals surface area contributed by atoms with Gasteiger partial charge in [0.2, 0.25) is 0 Å². The molecule has 0 unspecified atom stereocenters. The van der Waals surface area contributed by atoms with Crippen molar-refractivity contribution in [2.45, 2.75) is 0 Å². The number of hydrogen-bond donors (Lipinski definition) is 0. The van der Waals surface area contributed by atoms with Gasteiger partial charge in [0.25, 0.3) is 0 Å². The van der Waals surface area contributed by atoms with Gasteiger partial charge < -0.3 is 0 Å². The molecule has 10 aromatic rings. The Morgan fingerprint density at radius 2 is 0.808 bits per heavy atom. The van der Waals surface area contributed by atoms with E-state index < -0.39 is 0 Å². The molecule has 0 N–H and O–H groups in total. The Bertz CT molecular complexity index is 2880. The second-order valence-electron chi connectivity index (χ2n) is 13.2. The molecule has 2 aromatic heterocycles. The second-order valence-corrected chi connectivity index (χ2v) is 13.2. The highest BCUT2D eigenvalue weighted by Crippen LogP contribution is 2.44. The van der Waals surface area contributed by atoms with Crippen molar-refractivity contribution in [2.24, 2.45) is 0 Å². The zero-order chi connectivity index (χ0) is 34.4. The first kappa shape index (κ1) is 29.9. The lowest BCUT2D eigenvalue weighted by atomic mass is 9.86. The van der Waals surface area contributed by atoms with Crippen molar-refractivity contribution in [2.75, 3.05) is 0 Å². The number of pyridine rings is 1. The molecule has 0 aliphatic heterocycles. The number of rotatable bonds is 5. The van der Waals surface area contributed by atoms with Gasteiger partial charge in [-0.05, 0) is 96.2 Å². The smallest absolute Gasteiger partial charge is 0.160 e. The molecule has 0 aliphatic carbocycles. The fourth-order valence-electron chi connectivity index (χ4n) is 7.70. The van der Waals surface area contributed by atoms with E-state index in [1.54, 1.807) is 0 Å². The maximum atomic E-state index is 5.23. The van der Waals surface area contributed by atoms with Gasteiger partial charge in [0.05, 0.1) is 11.4 Å². The third kappa shape index (κ3) is 5.10. The first-order chi connectivity index (χ1) is 25.8. The van der Waals surface area contributed by atoms with Crippen LogP contribution < -0.4 is 0 Å². The van der Waals surface area contributed by atoms with E-state index in [9.17, 15) is 0 Å². The van der Waals surface area contributed by atoms with Gasteiger partial charge >= 0.3 is 0 Å². The van der Waals surface area contributed by atoms with Crippen molar-refractivity contribution in [3.8, 4) is 56.2 Å². The average molecular weight is 662 g/mol. The van der Waals surface area contributed by atoms with Crippen molar-refractivity contribution in [1.82, 2.24) is 15.0 Å². The standard InChI is InChI=1S/C49H31N3/c1-3-14-32(15-4-1)46-30-47(52-49(51-46)33-16-5-2-6-17-33)37-27-35(34-18-13-25-50-31-34)26-36(28-37)44-29-45-40-21-8-7-19-38(40)39-20-9-11-23-42(39)48(45)43-24-12-10-22-41(43)44/h1-31H. The number of fused-ring (bicyclic) bond motifs is 8. The predicted octanol–water partition coefficient (Wildman–Crippen LogP) is 12.8. The summed E-state index contributed by atoms with van der Waals surface area (Å²) in [7, 11) is 0. The molecule has 0 aliphatic rings. The van der Waals surface area contributed by atoms with E-state index in [1.165, 1.54) is 48.7 Å². The highest BCUT2D eigenvalue weighted by atomic mass is 14.9. The summed E-state index contributed by atoms with van der Waals surface area (Å²) >= 11 is 0. The molecule has 0 saturated heterocycles. The van der Waals surface area contributed by atoms with Crippen LogP contribution in [0.15, 0.2) is 188 Å². The van der Waals surface area contributed by atoms with Gasteiger partial charge in [-0.3, -0.25) is 4.98 Å². The maximum Gasteiger partial charge on any atom is 0.160 e. The van der Waals surface area contributed by atoms with E-state index in [2.05, 4.69) is 151 Å². The van der Waals surface area contributed by atoms with E-state index in [1.807, 2.05) is 42.7 Å². The highest BCUT2D eigenvalue weighted by Gasteiger charge is 2.18. The van der Waals surface area contributed by atoms with Crippen molar-refractivity contribution >= 4 is 43.1 Å². The molecule has 0 spiro atoms. The molecule has 3 nitrogen and oxygen atoms in total. The van der Waals surface area contributed by atoms with Crippen LogP contribution in [0.3, 0.4) is 0 Å². The summed E-state index contributed by atoms with van der Waals surface area (Å²) in [4.78, 5) is 14.8. The maximum absolute atomic E-state index is 5.23. The minimum Gasteiger partial charge on any atom is -0.264 e. The van der Waals surface area contributed by atoms with E-state index in [-0.39, 0.29) is 0 Å². The molecule has 242 valence electrons. The van der Waals surface area contributed by atoms with Gasteiger partial charge in [-0.15, -0.1) is 0 Å². The number of aromatic nitrogens is 3. The molecular weight excluding hydrogens is 631 g/mol. The number of nitrogens with zero attached hydrogens (tertiary/aromatic N) is 3. The molecule has 52 heavy (non-hydrogen) atoms. The Morgan fingerprint density at radius 1 is 0.308 bits per heavy atom. The summed E-state index contributed by atoms with van der Waals surface area (Å²) in [6.45, 7) is 0. The summed E-state index contributed by atoms with van der Waals surface area (Å²) in [6.07, 6.45) is 3.76. The number of benzene rings is 8. The van der Waals surface area contributed by atoms with Crippen LogP contribution in [0, 0.1) is 0 Å². The van der Waals surface area contributed by atoms with Crippen LogP contribution >= 0.6 is 0 Å². The lowest BCUT2D eigenvalue weighted by Crippen LogP contribution is -1.96. The largest absolute Gasteiger partial charge is 0.264 e. The summed E-state index contributed by atoms with van der Waals surface area (Å²) in [5, 5.41) is 10.0. The van der Waals surface area contributed by atoms with Crippen molar-refractivity contribution in [1.29, 1.82) is 0 Å². The van der Waals surface area contributed by atoms with Crippen LogP contribution in [0.2, 0.25) is 0 Å². The molecule has 0 radical (unpaired) electrons. The van der Waals surface area contributed by atoms with Gasteiger partial charge in [0.1, 0.15) is 0 Å². The van der Waals surface area contributed by atoms with E-state index in [0.29, 0.717) is 5.82 Å². The monoisotopic (exact) mass is 661 g/mol. The SMILES string of the molecule is c1ccc(-c2cc(-c3cc(-c4cccnc4)cc(-c4cc5c6ccccc6c6ccccc6c5c5ccccc45)c3)nc(-c3ccccc3)n2)cc1. The lowest BCUT2D eigenvalue weighted by molar-refractivity contribution is 1.18. The molecule has 0 fully saturated rings. The van der Waals surface area contributed by atoms with Gasteiger partial charge in [-0.25, -0.2) is 9.97 Å². The zero-order valence-corrected chi connectivity index (χ0v) is 28.2. The summed E-state index contributed by atoms with van der Waals surface area (Å²) in [6, 6.07) is 62.5. The average Bonchev–Trinajstić information content (AvgIpc) is 3.24. The normalized spacial score (nSPS) is 11.5. The Balaban J connectivity index is 1.29. The van der Waals surface area contributed by atoms with Crippen LogP contribution in [0.25, 0.3) is 99.2 Å². The topological polar surface area (TPSA) is 38.7 Å². The quantitative estimate of drug-likeness (QED) is 0.172. The number of hydrogen-bond acceptors (Lipinski definition) is 3. The highest BCUT2D eigenvalue weighted by molar-refractivity contribution is 6.33. The van der Waals surface area contributed by atoms with Gasteiger partial charge in [0, 0.05) is 34.6 Å². The van der Waals surface area contributed by atoms with E-state index >= 15 is 0 Å². The van der Waals surface area contributed by atoms with Gasteiger partial charge in [-0.2, -0.15) is 0 Å². The van der Waals surface area contributed by atoms with Crippen LogP contribution in [-0.2, 0) is 0 Å². The van der Waals surface area contributed by atoms with Crippen molar-refractivity contribution < 1.29 is 0 Å². The zero-order valence-electron chi connectivity index (χ0n) is 28.2. The first-order valence-corrected chi connectivity index (χ1v) is 17.6. The second kappa shape index (κ2) is 12.4. The van der Waals surface area contributed by atoms with Crippen LogP contribution in [0.1, 0.15) is 0 Å². The molecule has 2 heterocycles. The molecule has 0 saturated carbocycles. The van der Waals surface area contributed by atoms with E-state index in [0.717, 1.165) is 44.8 Å². The fraction of sp³-hybridized carbons (Fsp3) is 0. The molecule has 8 aromatic carbocycles. The van der Waals surface area contributed by atoms with Crippen LogP contribution in [-0.4, -0.2) is 15.0 Å². The Labute approximate surface area is 301 Å². The summed E-state index contributed by atoms with van der Waals surface area (Å²) < 4.78 is 0. The molecular formula is C49H31N3. The van der Waals surface area contributed by atoms with Crippen LogP contribution in [0.4, 0.5) is 0 Å². The predicted molar refractivity (Wildman–Crippen MR) is 217 cm³/mol. The molecule has 10 rings (SSSR count). The Kier molecular flexibility index (Phi) is 7.14. The first-order valence-electron chi connectivity index (χ1n) is 17.6. The van der Waals surface area contributed by atoms with E-state index in [4.69, 9.17) is 9.97 Å². The third-order valence-corrected chi connectivity index (χ3v) is 10.1. The lowest BCUT2D eigenvalue weighted by Gasteiger charge is -2.17.